The molecule has 1 saturated carbocycles. The number of esters is 1. The highest BCUT2D eigenvalue weighted by molar-refractivity contribution is 6.10. The van der Waals surface area contributed by atoms with Gasteiger partial charge in [0.2, 0.25) is 0 Å². The predicted molar refractivity (Wildman–Crippen MR) is 95.5 cm³/mol. The minimum Gasteiger partial charge on any atom is -0.462 e. The highest BCUT2D eigenvalue weighted by atomic mass is 16.5. The van der Waals surface area contributed by atoms with Crippen LogP contribution in [0.25, 0.3) is 10.9 Å². The summed E-state index contributed by atoms with van der Waals surface area (Å²) < 4.78 is 12.2. The molecule has 2 fully saturated rings. The van der Waals surface area contributed by atoms with Crippen LogP contribution in [0, 0.1) is 12.8 Å². The van der Waals surface area contributed by atoms with Crippen LogP contribution in [0.2, 0.25) is 0 Å². The number of aromatic nitrogens is 2. The zero-order valence-electron chi connectivity index (χ0n) is 14.7. The Kier molecular flexibility index (Phi) is 4.28. The Morgan fingerprint density at radius 1 is 1.35 bits per heavy atom. The van der Waals surface area contributed by atoms with Gasteiger partial charge in [0.25, 0.3) is 0 Å². The average Bonchev–Trinajstić information content (AvgIpc) is 3.41. The van der Waals surface area contributed by atoms with Gasteiger partial charge in [-0.05, 0) is 31.2 Å². The number of aryl methyl sites for hydroxylation is 1. The second-order valence-electron chi connectivity index (χ2n) is 6.88. The van der Waals surface area contributed by atoms with Gasteiger partial charge < -0.3 is 20.1 Å². The Balaban J connectivity index is 1.81. The second-order valence-corrected chi connectivity index (χ2v) is 6.88. The Morgan fingerprint density at radius 3 is 2.73 bits per heavy atom. The van der Waals surface area contributed by atoms with Gasteiger partial charge in [0.1, 0.15) is 5.52 Å². The van der Waals surface area contributed by atoms with Crippen molar-refractivity contribution in [1.82, 2.24) is 9.55 Å². The van der Waals surface area contributed by atoms with Gasteiger partial charge in [-0.2, -0.15) is 0 Å². The largest absolute Gasteiger partial charge is 0.462 e. The fourth-order valence-corrected chi connectivity index (χ4v) is 3.33. The Bertz CT molecular complexity index is 866. The lowest BCUT2D eigenvalue weighted by Crippen LogP contribution is -2.37. The topological polar surface area (TPSA) is 99.7 Å². The molecule has 1 saturated heterocycles. The van der Waals surface area contributed by atoms with Crippen molar-refractivity contribution in [3.63, 3.8) is 0 Å². The van der Waals surface area contributed by atoms with Crippen molar-refractivity contribution in [3.05, 3.63) is 23.5 Å². The number of pyridine rings is 1. The summed E-state index contributed by atoms with van der Waals surface area (Å²) in [4.78, 5) is 31.1. The summed E-state index contributed by atoms with van der Waals surface area (Å²) in [6, 6.07) is -0.608. The number of carbonyl (C=O) groups is 2. The van der Waals surface area contributed by atoms with E-state index in [9.17, 15) is 9.59 Å². The lowest BCUT2D eigenvalue weighted by molar-refractivity contribution is 0.0488. The van der Waals surface area contributed by atoms with Crippen LogP contribution in [0.3, 0.4) is 0 Å². The van der Waals surface area contributed by atoms with Gasteiger partial charge in [-0.15, -0.1) is 0 Å². The molecule has 2 aromatic rings. The number of anilines is 1. The molecule has 0 atom stereocenters. The Labute approximate surface area is 150 Å². The molecule has 0 spiro atoms. The summed E-state index contributed by atoms with van der Waals surface area (Å²) in [6.45, 7) is 4.78. The number of amides is 1. The summed E-state index contributed by atoms with van der Waals surface area (Å²) in [5.41, 5.74) is 7.27. The summed E-state index contributed by atoms with van der Waals surface area (Å²) in [7, 11) is 0. The van der Waals surface area contributed by atoms with Crippen LogP contribution < -0.4 is 10.6 Å². The maximum atomic E-state index is 12.6. The van der Waals surface area contributed by atoms with Crippen LogP contribution in [-0.4, -0.2) is 54.5 Å². The minimum atomic E-state index is -0.608. The van der Waals surface area contributed by atoms with Crippen molar-refractivity contribution in [3.8, 4) is 0 Å². The second kappa shape index (κ2) is 6.60. The average molecular weight is 358 g/mol. The summed E-state index contributed by atoms with van der Waals surface area (Å²) >= 11 is 0. The van der Waals surface area contributed by atoms with Crippen molar-refractivity contribution in [1.29, 1.82) is 0 Å². The molecule has 2 N–H and O–H groups in total. The van der Waals surface area contributed by atoms with Crippen LogP contribution in [-0.2, 0) is 9.47 Å². The molecule has 2 aromatic heterocycles. The summed E-state index contributed by atoms with van der Waals surface area (Å²) in [5.74, 6) is 0.702. The Morgan fingerprint density at radius 2 is 2.08 bits per heavy atom. The molecule has 8 heteroatoms. The third-order valence-corrected chi connectivity index (χ3v) is 4.91. The molecule has 1 aliphatic heterocycles. The monoisotopic (exact) mass is 358 g/mol. The standard InChI is InChI=1S/C18H22N4O4/c1-11-9-22(18(19)24)15-14(11)13(17(23)26-10-12-2-3-12)8-20-16(15)21-4-6-25-7-5-21/h8-9,12H,2-7,10H2,1H3,(H2,19,24). The number of ether oxygens (including phenoxy) is 2. The zero-order chi connectivity index (χ0) is 18.3. The lowest BCUT2D eigenvalue weighted by Gasteiger charge is -2.28. The maximum Gasteiger partial charge on any atom is 0.340 e. The van der Waals surface area contributed by atoms with Crippen molar-refractivity contribution in [2.45, 2.75) is 19.8 Å². The molecule has 0 bridgehead atoms. The summed E-state index contributed by atoms with van der Waals surface area (Å²) in [5, 5.41) is 0.668. The normalized spacial score (nSPS) is 17.5. The molecular weight excluding hydrogens is 336 g/mol. The number of morpholine rings is 1. The van der Waals surface area contributed by atoms with Crippen LogP contribution in [0.4, 0.5) is 10.6 Å². The molecule has 2 aliphatic rings. The van der Waals surface area contributed by atoms with Gasteiger partial charge in [0.15, 0.2) is 5.82 Å². The molecule has 4 rings (SSSR count). The van der Waals surface area contributed by atoms with Gasteiger partial charge >= 0.3 is 12.0 Å². The van der Waals surface area contributed by atoms with E-state index < -0.39 is 12.0 Å². The molecular formula is C18H22N4O4. The van der Waals surface area contributed by atoms with E-state index in [1.165, 1.54) is 4.57 Å². The zero-order valence-corrected chi connectivity index (χ0v) is 14.7. The quantitative estimate of drug-likeness (QED) is 0.835. The van der Waals surface area contributed by atoms with E-state index in [4.69, 9.17) is 15.2 Å². The molecule has 8 nitrogen and oxygen atoms in total. The first kappa shape index (κ1) is 16.8. The number of fused-ring (bicyclic) bond motifs is 1. The van der Waals surface area contributed by atoms with Crippen molar-refractivity contribution in [2.24, 2.45) is 11.7 Å². The third-order valence-electron chi connectivity index (χ3n) is 4.91. The molecule has 26 heavy (non-hydrogen) atoms. The van der Waals surface area contributed by atoms with Crippen LogP contribution in [0.1, 0.15) is 28.8 Å². The minimum absolute atomic E-state index is 0.371. The van der Waals surface area contributed by atoms with Gasteiger partial charge in [-0.1, -0.05) is 0 Å². The number of carbonyl (C=O) groups excluding carboxylic acids is 2. The lowest BCUT2D eigenvalue weighted by atomic mass is 10.1. The highest BCUT2D eigenvalue weighted by Gasteiger charge is 2.27. The molecule has 138 valence electrons. The molecule has 3 heterocycles. The number of hydrogen-bond acceptors (Lipinski definition) is 6. The smallest absolute Gasteiger partial charge is 0.340 e. The van der Waals surface area contributed by atoms with Crippen molar-refractivity contribution < 1.29 is 19.1 Å². The molecule has 0 radical (unpaired) electrons. The summed E-state index contributed by atoms with van der Waals surface area (Å²) in [6.07, 6.45) is 5.40. The SMILES string of the molecule is Cc1cn(C(N)=O)c2c(N3CCOCC3)ncc(C(=O)OCC3CC3)c12. The number of nitrogens with two attached hydrogens (primary N) is 1. The molecule has 1 amide bonds. The molecule has 0 unspecified atom stereocenters. The fourth-order valence-electron chi connectivity index (χ4n) is 3.33. The number of primary amides is 1. The van der Waals surface area contributed by atoms with Crippen LogP contribution >= 0.6 is 0 Å². The van der Waals surface area contributed by atoms with Crippen molar-refractivity contribution in [2.75, 3.05) is 37.8 Å². The number of rotatable bonds is 4. The maximum absolute atomic E-state index is 12.6. The third kappa shape index (κ3) is 3.01. The van der Waals surface area contributed by atoms with Crippen molar-refractivity contribution >= 4 is 28.7 Å². The highest BCUT2D eigenvalue weighted by Crippen LogP contribution is 2.33. The van der Waals surface area contributed by atoms with Gasteiger partial charge in [0.05, 0.1) is 25.4 Å². The van der Waals surface area contributed by atoms with Gasteiger partial charge in [0, 0.05) is 30.9 Å². The van der Waals surface area contributed by atoms with Crippen LogP contribution in [0.5, 0.6) is 0 Å². The van der Waals surface area contributed by atoms with E-state index in [2.05, 4.69) is 4.98 Å². The van der Waals surface area contributed by atoms with E-state index in [0.29, 0.717) is 61.1 Å². The fraction of sp³-hybridized carbons (Fsp3) is 0.500. The first-order chi connectivity index (χ1) is 12.6. The van der Waals surface area contributed by atoms with Gasteiger partial charge in [-0.3, -0.25) is 4.57 Å². The molecule has 1 aliphatic carbocycles. The van der Waals surface area contributed by atoms with E-state index >= 15 is 0 Å². The van der Waals surface area contributed by atoms with E-state index in [-0.39, 0.29) is 0 Å². The van der Waals surface area contributed by atoms with E-state index in [0.717, 1.165) is 18.4 Å². The first-order valence-electron chi connectivity index (χ1n) is 8.86. The van der Waals surface area contributed by atoms with E-state index in [1.54, 1.807) is 12.4 Å². The predicted octanol–water partition coefficient (Wildman–Crippen LogP) is 1.67. The number of nitrogens with zero attached hydrogens (tertiary/aromatic N) is 3. The van der Waals surface area contributed by atoms with E-state index in [1.807, 2.05) is 11.8 Å². The first-order valence-corrected chi connectivity index (χ1v) is 8.86. The van der Waals surface area contributed by atoms with Crippen LogP contribution in [0.15, 0.2) is 12.4 Å². The Hall–Kier alpha value is -2.61. The molecule has 0 aromatic carbocycles. The number of hydrogen-bond donors (Lipinski definition) is 1. The van der Waals surface area contributed by atoms with Gasteiger partial charge in [-0.25, -0.2) is 14.6 Å².